The number of Topliss-reactive ketones (excluding diaryl/α,β-unsaturated/α-hetero) is 1. The molecule has 0 saturated carbocycles. The molecule has 0 spiro atoms. The van der Waals surface area contributed by atoms with E-state index < -0.39 is 0 Å². The summed E-state index contributed by atoms with van der Waals surface area (Å²) in [7, 11) is 0. The van der Waals surface area contributed by atoms with Gasteiger partial charge in [0.25, 0.3) is 0 Å². The molecule has 2 heterocycles. The number of rotatable bonds is 4. The third-order valence-electron chi connectivity index (χ3n) is 3.88. The Bertz CT molecular complexity index is 919. The summed E-state index contributed by atoms with van der Waals surface area (Å²) in [4.78, 5) is 16.0. The zero-order chi connectivity index (χ0) is 17.2. The molecule has 0 amide bonds. The molecule has 0 radical (unpaired) electrons. The number of ether oxygens (including phenoxy) is 2. The number of hydrogen-bond donors (Lipinski definition) is 1. The van der Waals surface area contributed by atoms with E-state index in [0.717, 1.165) is 33.6 Å². The molecule has 4 rings (SSSR count). The van der Waals surface area contributed by atoms with Crippen molar-refractivity contribution in [3.05, 3.63) is 53.4 Å². The van der Waals surface area contributed by atoms with Crippen molar-refractivity contribution in [2.24, 2.45) is 0 Å². The van der Waals surface area contributed by atoms with Crippen molar-refractivity contribution in [1.29, 1.82) is 0 Å². The summed E-state index contributed by atoms with van der Waals surface area (Å²) in [5.74, 6) is 1.59. The lowest BCUT2D eigenvalue weighted by atomic mass is 10.1. The van der Waals surface area contributed by atoms with Gasteiger partial charge in [-0.15, -0.1) is 11.3 Å². The maximum atomic E-state index is 11.3. The lowest BCUT2D eigenvalue weighted by Crippen LogP contribution is -2.15. The minimum absolute atomic E-state index is 0.0571. The molecule has 1 aliphatic heterocycles. The highest BCUT2D eigenvalue weighted by Gasteiger charge is 2.14. The van der Waals surface area contributed by atoms with Gasteiger partial charge in [-0.2, -0.15) is 0 Å². The van der Waals surface area contributed by atoms with Crippen LogP contribution in [0.1, 0.15) is 17.3 Å². The number of hydrogen-bond acceptors (Lipinski definition) is 6. The van der Waals surface area contributed by atoms with Gasteiger partial charge in [-0.25, -0.2) is 4.98 Å². The summed E-state index contributed by atoms with van der Waals surface area (Å²) in [5.41, 5.74) is 3.46. The number of benzene rings is 2. The van der Waals surface area contributed by atoms with E-state index in [1.54, 1.807) is 19.1 Å². The molecular formula is C19H16N2O3S. The highest BCUT2D eigenvalue weighted by molar-refractivity contribution is 7.14. The first-order valence-corrected chi connectivity index (χ1v) is 8.80. The molecule has 0 saturated heterocycles. The predicted octanol–water partition coefficient (Wildman–Crippen LogP) is 4.53. The second kappa shape index (κ2) is 6.57. The van der Waals surface area contributed by atoms with Gasteiger partial charge >= 0.3 is 0 Å². The van der Waals surface area contributed by atoms with Crippen molar-refractivity contribution in [3.63, 3.8) is 0 Å². The lowest BCUT2D eigenvalue weighted by molar-refractivity contribution is 0.101. The molecule has 0 aliphatic carbocycles. The first-order valence-electron chi connectivity index (χ1n) is 7.92. The Morgan fingerprint density at radius 3 is 2.60 bits per heavy atom. The van der Waals surface area contributed by atoms with Crippen molar-refractivity contribution >= 4 is 27.9 Å². The zero-order valence-corrected chi connectivity index (χ0v) is 14.4. The van der Waals surface area contributed by atoms with E-state index in [4.69, 9.17) is 9.47 Å². The normalized spacial score (nSPS) is 12.7. The van der Waals surface area contributed by atoms with Crippen LogP contribution in [0, 0.1) is 0 Å². The third-order valence-corrected chi connectivity index (χ3v) is 4.64. The van der Waals surface area contributed by atoms with E-state index in [9.17, 15) is 4.79 Å². The van der Waals surface area contributed by atoms with Crippen molar-refractivity contribution < 1.29 is 14.3 Å². The monoisotopic (exact) mass is 352 g/mol. The Morgan fingerprint density at radius 1 is 1.08 bits per heavy atom. The van der Waals surface area contributed by atoms with E-state index in [2.05, 4.69) is 10.3 Å². The molecule has 126 valence electrons. The molecule has 6 heteroatoms. The topological polar surface area (TPSA) is 60.5 Å². The van der Waals surface area contributed by atoms with Gasteiger partial charge in [0.2, 0.25) is 0 Å². The van der Waals surface area contributed by atoms with Gasteiger partial charge in [0, 0.05) is 22.2 Å². The fourth-order valence-corrected chi connectivity index (χ4v) is 3.32. The number of carbonyl (C=O) groups is 1. The SMILES string of the molecule is CC(=O)c1ccc(Nc2nc(-c3ccc4c(c3)OCCO4)cs2)cc1. The Kier molecular flexibility index (Phi) is 4.11. The van der Waals surface area contributed by atoms with Gasteiger partial charge in [-0.3, -0.25) is 4.79 Å². The molecule has 1 N–H and O–H groups in total. The second-order valence-electron chi connectivity index (χ2n) is 5.65. The Hall–Kier alpha value is -2.86. The number of ketones is 1. The van der Waals surface area contributed by atoms with Crippen LogP contribution in [0.5, 0.6) is 11.5 Å². The number of anilines is 2. The van der Waals surface area contributed by atoms with Crippen molar-refractivity contribution in [3.8, 4) is 22.8 Å². The van der Waals surface area contributed by atoms with Gasteiger partial charge in [-0.05, 0) is 49.4 Å². The highest BCUT2D eigenvalue weighted by atomic mass is 32.1. The molecular weight excluding hydrogens is 336 g/mol. The molecule has 1 aromatic heterocycles. The quantitative estimate of drug-likeness (QED) is 0.699. The number of thiazole rings is 1. The predicted molar refractivity (Wildman–Crippen MR) is 98.3 cm³/mol. The van der Waals surface area contributed by atoms with Crippen LogP contribution in [0.3, 0.4) is 0 Å². The van der Waals surface area contributed by atoms with Gasteiger partial charge < -0.3 is 14.8 Å². The first-order chi connectivity index (χ1) is 12.2. The van der Waals surface area contributed by atoms with E-state index >= 15 is 0 Å². The van der Waals surface area contributed by atoms with Crippen LogP contribution in [0.25, 0.3) is 11.3 Å². The summed E-state index contributed by atoms with van der Waals surface area (Å²) in [6.07, 6.45) is 0. The number of nitrogens with zero attached hydrogens (tertiary/aromatic N) is 1. The van der Waals surface area contributed by atoms with Gasteiger partial charge in [0.05, 0.1) is 5.69 Å². The molecule has 5 nitrogen and oxygen atoms in total. The standard InChI is InChI=1S/C19H16N2O3S/c1-12(22)13-2-5-15(6-3-13)20-19-21-16(11-25-19)14-4-7-17-18(10-14)24-9-8-23-17/h2-7,10-11H,8-9H2,1H3,(H,20,21). The summed E-state index contributed by atoms with van der Waals surface area (Å²) in [6.45, 7) is 2.71. The van der Waals surface area contributed by atoms with Crippen LogP contribution in [-0.2, 0) is 0 Å². The lowest BCUT2D eigenvalue weighted by Gasteiger charge is -2.18. The maximum absolute atomic E-state index is 11.3. The van der Waals surface area contributed by atoms with Crippen LogP contribution in [0.2, 0.25) is 0 Å². The first kappa shape index (κ1) is 15.7. The minimum Gasteiger partial charge on any atom is -0.486 e. The summed E-state index contributed by atoms with van der Waals surface area (Å²) >= 11 is 1.53. The maximum Gasteiger partial charge on any atom is 0.187 e. The molecule has 1 aliphatic rings. The smallest absolute Gasteiger partial charge is 0.187 e. The van der Waals surface area contributed by atoms with Crippen molar-refractivity contribution in [2.45, 2.75) is 6.92 Å². The fourth-order valence-electron chi connectivity index (χ4n) is 2.58. The Morgan fingerprint density at radius 2 is 1.84 bits per heavy atom. The Balaban J connectivity index is 1.53. The fraction of sp³-hybridized carbons (Fsp3) is 0.158. The van der Waals surface area contributed by atoms with Crippen LogP contribution < -0.4 is 14.8 Å². The van der Waals surface area contributed by atoms with Gasteiger partial charge in [-0.1, -0.05) is 0 Å². The van der Waals surface area contributed by atoms with E-state index in [1.165, 1.54) is 11.3 Å². The van der Waals surface area contributed by atoms with Crippen LogP contribution >= 0.6 is 11.3 Å². The molecule has 0 unspecified atom stereocenters. The summed E-state index contributed by atoms with van der Waals surface area (Å²) in [6, 6.07) is 13.2. The van der Waals surface area contributed by atoms with Crippen molar-refractivity contribution in [2.75, 3.05) is 18.5 Å². The van der Waals surface area contributed by atoms with E-state index in [-0.39, 0.29) is 5.78 Å². The average molecular weight is 352 g/mol. The van der Waals surface area contributed by atoms with Gasteiger partial charge in [0.1, 0.15) is 13.2 Å². The molecule has 25 heavy (non-hydrogen) atoms. The van der Waals surface area contributed by atoms with E-state index in [1.807, 2.05) is 35.7 Å². The van der Waals surface area contributed by atoms with Crippen LogP contribution in [0.4, 0.5) is 10.8 Å². The van der Waals surface area contributed by atoms with E-state index in [0.29, 0.717) is 18.8 Å². The largest absolute Gasteiger partial charge is 0.486 e. The van der Waals surface area contributed by atoms with Crippen LogP contribution in [-0.4, -0.2) is 24.0 Å². The summed E-state index contributed by atoms with van der Waals surface area (Å²) < 4.78 is 11.2. The second-order valence-corrected chi connectivity index (χ2v) is 6.51. The average Bonchev–Trinajstić information content (AvgIpc) is 3.10. The number of nitrogens with one attached hydrogen (secondary N) is 1. The highest BCUT2D eigenvalue weighted by Crippen LogP contribution is 2.35. The molecule has 0 bridgehead atoms. The number of fused-ring (bicyclic) bond motifs is 1. The molecule has 2 aromatic carbocycles. The molecule has 3 aromatic rings. The Labute approximate surface area is 149 Å². The zero-order valence-electron chi connectivity index (χ0n) is 13.6. The summed E-state index contributed by atoms with van der Waals surface area (Å²) in [5, 5.41) is 6.05. The molecule has 0 atom stereocenters. The van der Waals surface area contributed by atoms with Gasteiger partial charge in [0.15, 0.2) is 22.4 Å². The molecule has 0 fully saturated rings. The number of carbonyl (C=O) groups excluding carboxylic acids is 1. The minimum atomic E-state index is 0.0571. The van der Waals surface area contributed by atoms with Crippen LogP contribution in [0.15, 0.2) is 47.8 Å². The third kappa shape index (κ3) is 3.34. The van der Waals surface area contributed by atoms with Crippen molar-refractivity contribution in [1.82, 2.24) is 4.98 Å². The number of aromatic nitrogens is 1.